The standard InChI is InChI=1S/C25H33B43N2/c26-49(27)62(50(28)29)60(63(51(30)31)52(32)33)48(61(67(59(46)47)64(53(34)35)54(36)37)68(65(55(38)39)56(40)41)66(57(42)43)58(44)45)23-11-9-22(10-12-23)21-7-5-20(6-8-21)19-3-1-17(2-4-19)13-18-14-24(69)16-25(70)15-18/h1-4,14-16,20-23H,5-13,69-70H2. The zero-order valence-corrected chi connectivity index (χ0v) is 41.2. The van der Waals surface area contributed by atoms with Gasteiger partial charge in [0.25, 0.3) is 0 Å². The molecule has 2 aliphatic carbocycles. The Labute approximate surface area is 464 Å². The minimum absolute atomic E-state index is 0.260. The second kappa shape index (κ2) is 29.0. The van der Waals surface area contributed by atoms with Gasteiger partial charge in [-0.05, 0) is 84.7 Å². The molecular weight excluding hydrogens is 793 g/mol. The maximum absolute atomic E-state index is 6.94. The van der Waals surface area contributed by atoms with Gasteiger partial charge in [-0.1, -0.05) is 55.8 Å². The highest BCUT2D eigenvalue weighted by atomic mass is 14.6. The van der Waals surface area contributed by atoms with Crippen LogP contribution in [0.4, 0.5) is 11.4 Å². The molecule has 0 bridgehead atoms. The van der Waals surface area contributed by atoms with Crippen LogP contribution < -0.4 is 11.5 Å². The lowest BCUT2D eigenvalue weighted by molar-refractivity contribution is 0.186. The molecule has 45 heteroatoms. The summed E-state index contributed by atoms with van der Waals surface area (Å²) in [6, 6.07) is 14.6. The first-order valence-corrected chi connectivity index (χ1v) is 25.1. The van der Waals surface area contributed by atoms with Crippen LogP contribution in [0.25, 0.3) is 0 Å². The highest BCUT2D eigenvalue weighted by Crippen LogP contribution is 2.47. The van der Waals surface area contributed by atoms with Gasteiger partial charge in [-0.3, -0.25) is 0 Å². The van der Waals surface area contributed by atoms with Gasteiger partial charge < -0.3 is 11.5 Å². The first kappa shape index (κ1) is 63.4. The number of rotatable bonds is 25. The van der Waals surface area contributed by atoms with Gasteiger partial charge in [-0.15, -0.1) is 0 Å². The molecule has 0 unspecified atom stereocenters. The van der Waals surface area contributed by atoms with Crippen molar-refractivity contribution in [2.75, 3.05) is 11.5 Å². The summed E-state index contributed by atoms with van der Waals surface area (Å²) in [7, 11) is 147. The van der Waals surface area contributed by atoms with Gasteiger partial charge >= 0.3 is 0 Å². The molecule has 2 nitrogen and oxygen atoms in total. The number of anilines is 2. The molecule has 0 amide bonds. The average Bonchev–Trinajstić information content (AvgIpc) is 3.23. The number of hydrogen-bond donors (Lipinski definition) is 2. The molecule has 4 N–H and O–H groups in total. The Morgan fingerprint density at radius 3 is 0.971 bits per heavy atom. The number of hydrogen-bond acceptors (Lipinski definition) is 2. The molecule has 70 heavy (non-hydrogen) atoms. The highest BCUT2D eigenvalue weighted by Gasteiger charge is 2.60. The van der Waals surface area contributed by atoms with Crippen molar-refractivity contribution in [3.8, 4) is 0 Å². The summed E-state index contributed by atoms with van der Waals surface area (Å²) < 4.78 is 0. The third-order valence-corrected chi connectivity index (χ3v) is 16.6. The summed E-state index contributed by atoms with van der Waals surface area (Å²) in [5.41, 5.74) is 17.0. The first-order valence-electron chi connectivity index (χ1n) is 25.1. The minimum atomic E-state index is -1.25. The Bertz CT molecular complexity index is 1720. The molecule has 0 atom stereocenters. The van der Waals surface area contributed by atoms with Gasteiger partial charge in [0.1, 0.15) is 0 Å². The molecule has 2 aromatic rings. The largest absolute Gasteiger partial charge is 0.399 e. The Morgan fingerprint density at radius 2 is 0.629 bits per heavy atom. The van der Waals surface area contributed by atoms with Crippen LogP contribution in [-0.4, -0.2) is 304 Å². The quantitative estimate of drug-likeness (QED) is 0.0774. The second-order valence-corrected chi connectivity index (χ2v) is 21.3. The highest BCUT2D eigenvalue weighted by molar-refractivity contribution is 8.30. The van der Waals surface area contributed by atoms with Crippen molar-refractivity contribution in [1.29, 1.82) is 0 Å². The van der Waals surface area contributed by atoms with Crippen LogP contribution >= 0.6 is 0 Å². The van der Waals surface area contributed by atoms with Crippen LogP contribution in [0.3, 0.4) is 0 Å². The van der Waals surface area contributed by atoms with E-state index in [2.05, 4.69) is 24.3 Å². The van der Waals surface area contributed by atoms with E-state index in [1.54, 1.807) is 6.07 Å². The lowest BCUT2D eigenvalue weighted by Crippen LogP contribution is -2.92. The van der Waals surface area contributed by atoms with Crippen molar-refractivity contribution in [3.63, 3.8) is 0 Å². The maximum atomic E-state index is 6.94. The van der Waals surface area contributed by atoms with E-state index in [9.17, 15) is 0 Å². The molecule has 0 heterocycles. The topological polar surface area (TPSA) is 52.0 Å². The van der Waals surface area contributed by atoms with Crippen molar-refractivity contribution in [2.24, 2.45) is 11.8 Å². The molecule has 2 saturated carbocycles. The van der Waals surface area contributed by atoms with E-state index >= 15 is 0 Å². The smallest absolute Gasteiger partial charge is 0.0491 e. The molecular formula is C25H33B43N2. The fraction of sp³-hybridized carbons (Fsp3) is 0.520. The van der Waals surface area contributed by atoms with Crippen LogP contribution in [-0.2, 0) is 6.42 Å². The molecule has 0 aliphatic heterocycles. The monoisotopic (exact) mass is 835 g/mol. The van der Waals surface area contributed by atoms with Crippen LogP contribution in [0.2, 0.25) is 5.82 Å². The summed E-state index contributed by atoms with van der Waals surface area (Å²) in [5.74, 6) is 1.07. The van der Waals surface area contributed by atoms with Crippen LogP contribution in [0.1, 0.15) is 74.0 Å². The van der Waals surface area contributed by atoms with E-state index in [-0.39, 0.29) is 5.82 Å². The predicted octanol–water partition coefficient (Wildman–Crippen LogP) is -10.1. The molecule has 2 aliphatic rings. The lowest BCUT2D eigenvalue weighted by Gasteiger charge is -2.56. The van der Waals surface area contributed by atoms with Crippen molar-refractivity contribution in [1.82, 2.24) is 0 Å². The third kappa shape index (κ3) is 16.4. The van der Waals surface area contributed by atoms with Crippen LogP contribution in [0.5, 0.6) is 0 Å². The summed E-state index contributed by atoms with van der Waals surface area (Å²) in [4.78, 5) is 0. The fourth-order valence-corrected chi connectivity index (χ4v) is 13.7. The predicted molar refractivity (Wildman–Crippen MR) is 362 cm³/mol. The minimum Gasteiger partial charge on any atom is -0.399 e. The Kier molecular flexibility index (Phi) is 26.2. The van der Waals surface area contributed by atoms with Crippen LogP contribution in [0.15, 0.2) is 42.5 Å². The molecule has 0 aromatic heterocycles. The van der Waals surface area contributed by atoms with Gasteiger partial charge in [-0.2, -0.15) is 0 Å². The molecule has 44 radical (unpaired) electrons. The van der Waals surface area contributed by atoms with E-state index in [0.717, 1.165) is 50.5 Å². The average molecular weight is 826 g/mol. The molecule has 2 aromatic carbocycles. The van der Waals surface area contributed by atoms with Gasteiger partial charge in [0, 0.05) is 316 Å². The summed E-state index contributed by atoms with van der Waals surface area (Å²) >= 11 is 0. The summed E-state index contributed by atoms with van der Waals surface area (Å²) in [6.45, 7) is -0.746. The SMILES string of the molecule is [B]B([B])B(B([B])[B])B(B([B])[B])B(B(B(B([B])[B])B([B])[B])B(B([B])[B])B([B])[B])B(B(B(B([B])[B])B([B])[B])B(B([B])[B])B([B])[B])C1CCC(C2CCC(c3ccc(Cc4cc(N)cc(N)c4)cc3)CC2)CC1. The number of nitrogen functional groups attached to an aromatic ring is 2. The fourth-order valence-electron chi connectivity index (χ4n) is 13.7. The number of nitrogens with two attached hydrogens (primary N) is 2. The molecule has 0 saturated heterocycles. The van der Waals surface area contributed by atoms with Gasteiger partial charge in [0.2, 0.25) is 0 Å². The molecule has 272 valence electrons. The lowest BCUT2D eigenvalue weighted by atomic mass is 8.29. The van der Waals surface area contributed by atoms with E-state index in [0.29, 0.717) is 42.0 Å². The second-order valence-electron chi connectivity index (χ2n) is 21.3. The zero-order chi connectivity index (χ0) is 52.6. The van der Waals surface area contributed by atoms with Crippen molar-refractivity contribution in [3.05, 3.63) is 59.2 Å². The Balaban J connectivity index is 1.86. The van der Waals surface area contributed by atoms with Crippen LogP contribution in [0, 0.1) is 11.8 Å². The van der Waals surface area contributed by atoms with Crippen molar-refractivity contribution in [2.45, 2.75) is 69.5 Å². The Hall–Kier alpha value is 0.832. The summed E-state index contributed by atoms with van der Waals surface area (Å²) in [5, 5.41) is 0. The van der Waals surface area contributed by atoms with Crippen molar-refractivity contribution >= 4 is 316 Å². The summed E-state index contributed by atoms with van der Waals surface area (Å²) in [6.07, 6.45) is -14.1. The number of benzene rings is 2. The zero-order valence-electron chi connectivity index (χ0n) is 41.2. The van der Waals surface area contributed by atoms with Gasteiger partial charge in [0.15, 0.2) is 0 Å². The Morgan fingerprint density at radius 1 is 0.329 bits per heavy atom. The van der Waals surface area contributed by atoms with Crippen molar-refractivity contribution < 1.29 is 0 Å². The third-order valence-electron chi connectivity index (χ3n) is 16.6. The van der Waals surface area contributed by atoms with E-state index in [1.165, 1.54) is 11.1 Å². The maximum Gasteiger partial charge on any atom is 0.0491 e. The van der Waals surface area contributed by atoms with E-state index in [1.807, 2.05) is 12.1 Å². The van der Waals surface area contributed by atoms with Gasteiger partial charge in [-0.25, -0.2) is 0 Å². The van der Waals surface area contributed by atoms with Gasteiger partial charge in [0.05, 0.1) is 0 Å². The first-order chi connectivity index (χ1) is 32.7. The normalized spacial score (nSPS) is 17.3. The molecule has 2 fully saturated rings. The van der Waals surface area contributed by atoms with E-state index < -0.39 is 134 Å². The van der Waals surface area contributed by atoms with E-state index in [4.69, 9.17) is 182 Å². The molecule has 0 spiro atoms. The molecule has 4 rings (SSSR count).